The first-order valence-electron chi connectivity index (χ1n) is 4.83. The Bertz CT molecular complexity index is 242. The summed E-state index contributed by atoms with van der Waals surface area (Å²) in [5, 5.41) is 0. The molecular formula is C12H20O. The number of ether oxygens (including phenoxy) is 1. The van der Waals surface area contributed by atoms with E-state index in [0.717, 1.165) is 6.42 Å². The highest BCUT2D eigenvalue weighted by molar-refractivity contribution is 5.31. The second kappa shape index (κ2) is 3.30. The van der Waals surface area contributed by atoms with Crippen molar-refractivity contribution in [3.05, 3.63) is 23.8 Å². The van der Waals surface area contributed by atoms with Gasteiger partial charge in [-0.25, -0.2) is 0 Å². The molecule has 1 rings (SSSR count). The first-order valence-corrected chi connectivity index (χ1v) is 4.83. The van der Waals surface area contributed by atoms with Crippen LogP contribution in [0.4, 0.5) is 0 Å². The minimum absolute atomic E-state index is 0.138. The predicted octanol–water partition coefficient (Wildman–Crippen LogP) is 3.32. The summed E-state index contributed by atoms with van der Waals surface area (Å²) in [6.07, 6.45) is 7.49. The van der Waals surface area contributed by atoms with Gasteiger partial charge in [0.05, 0.1) is 5.60 Å². The number of hydrogen-bond donors (Lipinski definition) is 0. The van der Waals surface area contributed by atoms with E-state index >= 15 is 0 Å². The highest BCUT2D eigenvalue weighted by Crippen LogP contribution is 2.41. The molecule has 0 aromatic carbocycles. The number of rotatable bonds is 2. The van der Waals surface area contributed by atoms with E-state index in [-0.39, 0.29) is 11.0 Å². The average molecular weight is 180 g/mol. The first-order chi connectivity index (χ1) is 5.92. The van der Waals surface area contributed by atoms with E-state index < -0.39 is 0 Å². The molecule has 74 valence electrons. The number of hydrogen-bond acceptors (Lipinski definition) is 1. The zero-order chi connectivity index (χ0) is 10.1. The van der Waals surface area contributed by atoms with Gasteiger partial charge in [-0.2, -0.15) is 0 Å². The molecule has 13 heavy (non-hydrogen) atoms. The Kier molecular flexibility index (Phi) is 2.67. The van der Waals surface area contributed by atoms with Crippen molar-refractivity contribution in [2.24, 2.45) is 5.41 Å². The summed E-state index contributed by atoms with van der Waals surface area (Å²) < 4.78 is 5.68. The van der Waals surface area contributed by atoms with E-state index in [9.17, 15) is 0 Å². The van der Waals surface area contributed by atoms with Gasteiger partial charge in [-0.05, 0) is 24.3 Å². The lowest BCUT2D eigenvalue weighted by Gasteiger charge is -2.42. The van der Waals surface area contributed by atoms with Gasteiger partial charge in [0, 0.05) is 7.11 Å². The zero-order valence-corrected chi connectivity index (χ0v) is 9.35. The van der Waals surface area contributed by atoms with Crippen LogP contribution in [0.3, 0.4) is 0 Å². The lowest BCUT2D eigenvalue weighted by Crippen LogP contribution is -2.43. The summed E-state index contributed by atoms with van der Waals surface area (Å²) in [5.41, 5.74) is 1.37. The van der Waals surface area contributed by atoms with Crippen LogP contribution in [-0.2, 0) is 4.74 Å². The fourth-order valence-electron chi connectivity index (χ4n) is 1.72. The Morgan fingerprint density at radius 3 is 2.15 bits per heavy atom. The molecule has 0 amide bonds. The van der Waals surface area contributed by atoms with Crippen molar-refractivity contribution in [2.45, 2.75) is 39.7 Å². The Labute approximate surface area is 81.5 Å². The molecule has 0 N–H and O–H groups in total. The molecule has 1 aliphatic rings. The molecule has 1 unspecified atom stereocenters. The monoisotopic (exact) mass is 180 g/mol. The quantitative estimate of drug-likeness (QED) is 0.633. The van der Waals surface area contributed by atoms with Crippen LogP contribution in [0, 0.1) is 5.41 Å². The normalized spacial score (nSPS) is 21.5. The maximum absolute atomic E-state index is 5.68. The van der Waals surface area contributed by atoms with Gasteiger partial charge in [-0.3, -0.25) is 0 Å². The lowest BCUT2D eigenvalue weighted by molar-refractivity contribution is -0.0479. The maximum atomic E-state index is 5.68. The topological polar surface area (TPSA) is 9.23 Å². The molecule has 1 heteroatoms. The van der Waals surface area contributed by atoms with Crippen LogP contribution in [0.15, 0.2) is 23.8 Å². The predicted molar refractivity (Wildman–Crippen MR) is 56.7 cm³/mol. The molecule has 0 fully saturated rings. The summed E-state index contributed by atoms with van der Waals surface area (Å²) in [7, 11) is 1.80. The molecule has 0 aliphatic heterocycles. The minimum atomic E-state index is -0.142. The van der Waals surface area contributed by atoms with Crippen molar-refractivity contribution < 1.29 is 4.74 Å². The highest BCUT2D eigenvalue weighted by Gasteiger charge is 2.40. The Balaban J connectivity index is 2.94. The summed E-state index contributed by atoms with van der Waals surface area (Å²) in [6, 6.07) is 0. The van der Waals surface area contributed by atoms with Crippen molar-refractivity contribution in [3.63, 3.8) is 0 Å². The van der Waals surface area contributed by atoms with Crippen LogP contribution in [0.1, 0.15) is 34.1 Å². The van der Waals surface area contributed by atoms with Crippen molar-refractivity contribution in [2.75, 3.05) is 7.11 Å². The third-order valence-electron chi connectivity index (χ3n) is 3.22. The maximum Gasteiger partial charge on any atom is 0.0913 e. The summed E-state index contributed by atoms with van der Waals surface area (Å²) >= 11 is 0. The number of methoxy groups -OCH3 is 1. The van der Waals surface area contributed by atoms with Gasteiger partial charge >= 0.3 is 0 Å². The third kappa shape index (κ3) is 1.71. The Morgan fingerprint density at radius 1 is 1.23 bits per heavy atom. The highest BCUT2D eigenvalue weighted by atomic mass is 16.5. The molecule has 0 saturated carbocycles. The molecule has 0 spiro atoms. The molecule has 1 aliphatic carbocycles. The SMILES string of the molecule is COC(C)(C1=CC=CC1)C(C)(C)C. The molecule has 0 heterocycles. The van der Waals surface area contributed by atoms with Gasteiger partial charge in [0.25, 0.3) is 0 Å². The molecule has 0 saturated heterocycles. The van der Waals surface area contributed by atoms with E-state index in [4.69, 9.17) is 4.74 Å². The zero-order valence-electron chi connectivity index (χ0n) is 9.35. The average Bonchev–Trinajstić information content (AvgIpc) is 2.52. The van der Waals surface area contributed by atoms with Crippen molar-refractivity contribution in [3.8, 4) is 0 Å². The molecule has 0 radical (unpaired) electrons. The van der Waals surface area contributed by atoms with Gasteiger partial charge in [0.1, 0.15) is 0 Å². The molecule has 1 atom stereocenters. The van der Waals surface area contributed by atoms with Crippen molar-refractivity contribution >= 4 is 0 Å². The van der Waals surface area contributed by atoms with E-state index in [1.165, 1.54) is 5.57 Å². The fraction of sp³-hybridized carbons (Fsp3) is 0.667. The first kappa shape index (κ1) is 10.5. The summed E-state index contributed by atoms with van der Waals surface area (Å²) in [6.45, 7) is 8.83. The van der Waals surface area contributed by atoms with Crippen LogP contribution >= 0.6 is 0 Å². The van der Waals surface area contributed by atoms with Crippen LogP contribution < -0.4 is 0 Å². The Hall–Kier alpha value is -0.560. The second-order valence-corrected chi connectivity index (χ2v) is 4.81. The smallest absolute Gasteiger partial charge is 0.0913 e. The van der Waals surface area contributed by atoms with Crippen LogP contribution in [-0.4, -0.2) is 12.7 Å². The number of allylic oxidation sites excluding steroid dienone is 3. The van der Waals surface area contributed by atoms with Gasteiger partial charge in [0.2, 0.25) is 0 Å². The van der Waals surface area contributed by atoms with Crippen LogP contribution in [0.5, 0.6) is 0 Å². The molecule has 0 aromatic heterocycles. The summed E-state index contributed by atoms with van der Waals surface area (Å²) in [5.74, 6) is 0. The van der Waals surface area contributed by atoms with E-state index in [1.807, 2.05) is 0 Å². The Morgan fingerprint density at radius 2 is 1.85 bits per heavy atom. The largest absolute Gasteiger partial charge is 0.374 e. The van der Waals surface area contributed by atoms with E-state index in [1.54, 1.807) is 7.11 Å². The van der Waals surface area contributed by atoms with Crippen molar-refractivity contribution in [1.29, 1.82) is 0 Å². The molecule has 0 aromatic rings. The molecular weight excluding hydrogens is 160 g/mol. The molecule has 0 bridgehead atoms. The van der Waals surface area contributed by atoms with Gasteiger partial charge in [-0.15, -0.1) is 0 Å². The van der Waals surface area contributed by atoms with Crippen LogP contribution in [0.25, 0.3) is 0 Å². The van der Waals surface area contributed by atoms with Gasteiger partial charge in [-0.1, -0.05) is 39.0 Å². The van der Waals surface area contributed by atoms with Crippen LogP contribution in [0.2, 0.25) is 0 Å². The summed E-state index contributed by atoms with van der Waals surface area (Å²) in [4.78, 5) is 0. The molecule has 1 nitrogen and oxygen atoms in total. The minimum Gasteiger partial charge on any atom is -0.374 e. The fourth-order valence-corrected chi connectivity index (χ4v) is 1.72. The van der Waals surface area contributed by atoms with E-state index in [0.29, 0.717) is 0 Å². The standard InChI is InChI=1S/C12H20O/c1-11(2,3)12(4,13-5)10-8-6-7-9-10/h6-8H,9H2,1-5H3. The lowest BCUT2D eigenvalue weighted by atomic mass is 9.72. The van der Waals surface area contributed by atoms with Gasteiger partial charge < -0.3 is 4.74 Å². The second-order valence-electron chi connectivity index (χ2n) is 4.81. The van der Waals surface area contributed by atoms with E-state index in [2.05, 4.69) is 45.9 Å². The van der Waals surface area contributed by atoms with Crippen molar-refractivity contribution in [1.82, 2.24) is 0 Å². The third-order valence-corrected chi connectivity index (χ3v) is 3.22. The van der Waals surface area contributed by atoms with Gasteiger partial charge in [0.15, 0.2) is 0 Å².